The molecule has 206 valence electrons. The van der Waals surface area contributed by atoms with Crippen molar-refractivity contribution in [3.63, 3.8) is 0 Å². The minimum atomic E-state index is -0.715. The quantitative estimate of drug-likeness (QED) is 0.229. The highest BCUT2D eigenvalue weighted by molar-refractivity contribution is 7.19. The van der Waals surface area contributed by atoms with E-state index in [0.29, 0.717) is 46.5 Å². The van der Waals surface area contributed by atoms with Gasteiger partial charge in [-0.25, -0.2) is 9.97 Å². The average molecular weight is 577 g/mol. The van der Waals surface area contributed by atoms with Crippen LogP contribution < -0.4 is 21.9 Å². The number of hydrogen-bond donors (Lipinski definition) is 3. The van der Waals surface area contributed by atoms with E-state index in [2.05, 4.69) is 34.1 Å². The molecular formula is C28H28N6O4S2. The van der Waals surface area contributed by atoms with E-state index in [9.17, 15) is 14.4 Å². The van der Waals surface area contributed by atoms with Crippen LogP contribution in [0.25, 0.3) is 15.8 Å². The van der Waals surface area contributed by atoms with Crippen LogP contribution in [0.2, 0.25) is 0 Å². The Morgan fingerprint density at radius 3 is 2.88 bits per heavy atom. The molecule has 1 unspecified atom stereocenters. The van der Waals surface area contributed by atoms with E-state index in [1.165, 1.54) is 33.4 Å². The fraction of sp³-hybridized carbons (Fsp3) is 0.250. The minimum absolute atomic E-state index is 0.00979. The van der Waals surface area contributed by atoms with Crippen molar-refractivity contribution in [3.05, 3.63) is 86.4 Å². The highest BCUT2D eigenvalue weighted by atomic mass is 32.1. The number of pyridine rings is 1. The molecular weight excluding hydrogens is 548 g/mol. The molecule has 0 fully saturated rings. The van der Waals surface area contributed by atoms with Gasteiger partial charge in [0.2, 0.25) is 5.91 Å². The molecule has 0 saturated carbocycles. The summed E-state index contributed by atoms with van der Waals surface area (Å²) in [6, 6.07) is 6.43. The van der Waals surface area contributed by atoms with Crippen molar-refractivity contribution in [2.24, 2.45) is 0 Å². The van der Waals surface area contributed by atoms with Crippen LogP contribution in [0.15, 0.2) is 60.4 Å². The van der Waals surface area contributed by atoms with Crippen LogP contribution in [0.3, 0.4) is 0 Å². The number of unbranched alkanes of at least 4 members (excludes halogenated alkanes) is 1. The zero-order valence-corrected chi connectivity index (χ0v) is 23.4. The van der Waals surface area contributed by atoms with Gasteiger partial charge in [0.25, 0.3) is 11.5 Å². The first-order chi connectivity index (χ1) is 19.3. The van der Waals surface area contributed by atoms with E-state index < -0.39 is 17.5 Å². The van der Waals surface area contributed by atoms with Gasteiger partial charge in [-0.1, -0.05) is 19.9 Å². The summed E-state index contributed by atoms with van der Waals surface area (Å²) in [7, 11) is 0. The first-order valence-corrected chi connectivity index (χ1v) is 14.4. The van der Waals surface area contributed by atoms with Crippen LogP contribution in [0, 0.1) is 0 Å². The highest BCUT2D eigenvalue weighted by Gasteiger charge is 2.31. The Morgan fingerprint density at radius 2 is 2.05 bits per heavy atom. The molecule has 0 radical (unpaired) electrons. The smallest absolute Gasteiger partial charge is 0.278 e. The van der Waals surface area contributed by atoms with Crippen LogP contribution in [-0.4, -0.2) is 26.3 Å². The van der Waals surface area contributed by atoms with Gasteiger partial charge in [-0.2, -0.15) is 0 Å². The molecule has 4 aromatic rings. The van der Waals surface area contributed by atoms with Crippen LogP contribution in [0.4, 0.5) is 11.5 Å². The van der Waals surface area contributed by atoms with Gasteiger partial charge in [0.1, 0.15) is 29.1 Å². The number of anilines is 2. The summed E-state index contributed by atoms with van der Waals surface area (Å²) < 4.78 is 7.87. The number of thiophene rings is 2. The minimum Gasteiger partial charge on any atom is -0.464 e. The fourth-order valence-corrected chi connectivity index (χ4v) is 6.17. The topological polar surface area (TPSA) is 141 Å². The number of fused-ring (bicyclic) bond motifs is 2. The van der Waals surface area contributed by atoms with E-state index in [1.807, 2.05) is 12.1 Å². The average Bonchev–Trinajstić information content (AvgIpc) is 3.69. The molecule has 10 nitrogen and oxygen atoms in total. The number of aryl methyl sites for hydroxylation is 1. The van der Waals surface area contributed by atoms with Crippen molar-refractivity contribution >= 4 is 61.8 Å². The molecule has 0 saturated heterocycles. The van der Waals surface area contributed by atoms with Gasteiger partial charge in [-0.05, 0) is 43.2 Å². The number of ether oxygens (including phenoxy) is 1. The zero-order valence-electron chi connectivity index (χ0n) is 21.8. The Hall–Kier alpha value is -4.29. The maximum absolute atomic E-state index is 13.3. The van der Waals surface area contributed by atoms with Crippen LogP contribution in [-0.2, 0) is 22.5 Å². The Bertz CT molecular complexity index is 1690. The third-order valence-corrected chi connectivity index (χ3v) is 8.57. The molecule has 2 amide bonds. The molecule has 0 aliphatic carbocycles. The zero-order chi connectivity index (χ0) is 28.2. The van der Waals surface area contributed by atoms with E-state index in [-0.39, 0.29) is 11.6 Å². The lowest BCUT2D eigenvalue weighted by atomic mass is 10.2. The molecule has 5 rings (SSSR count). The fourth-order valence-electron chi connectivity index (χ4n) is 4.34. The van der Waals surface area contributed by atoms with Gasteiger partial charge in [-0.15, -0.1) is 22.7 Å². The molecule has 40 heavy (non-hydrogen) atoms. The third-order valence-electron chi connectivity index (χ3n) is 6.35. The normalized spacial score (nSPS) is 14.4. The van der Waals surface area contributed by atoms with E-state index >= 15 is 0 Å². The summed E-state index contributed by atoms with van der Waals surface area (Å²) in [5.41, 5.74) is 5.30. The summed E-state index contributed by atoms with van der Waals surface area (Å²) in [6.07, 6.45) is 9.39. The predicted molar refractivity (Wildman–Crippen MR) is 158 cm³/mol. The summed E-state index contributed by atoms with van der Waals surface area (Å²) in [5.74, 6) is 0.645. The maximum Gasteiger partial charge on any atom is 0.278 e. The number of rotatable bonds is 10. The van der Waals surface area contributed by atoms with E-state index in [1.54, 1.807) is 30.7 Å². The molecule has 1 aliphatic heterocycles. The van der Waals surface area contributed by atoms with Gasteiger partial charge in [0.15, 0.2) is 0 Å². The lowest BCUT2D eigenvalue weighted by Crippen LogP contribution is -2.36. The SMILES string of the molecule is C=C(O/C=C\CCC)c1ccc(C(=O)Nc2cnc3n(c2=O)C(C(=O)NCc2cc4cnc(N)cc4s2)CC3)s1. The second kappa shape index (κ2) is 11.8. The number of carbonyl (C=O) groups excluding carboxylic acids is 2. The number of aromatic nitrogens is 3. The van der Waals surface area contributed by atoms with Crippen molar-refractivity contribution in [3.8, 4) is 0 Å². The number of nitrogens with zero attached hydrogens (tertiary/aromatic N) is 3. The summed E-state index contributed by atoms with van der Waals surface area (Å²) in [4.78, 5) is 49.8. The first kappa shape index (κ1) is 27.3. The second-order valence-electron chi connectivity index (χ2n) is 9.21. The first-order valence-electron chi connectivity index (χ1n) is 12.8. The second-order valence-corrected chi connectivity index (χ2v) is 11.5. The van der Waals surface area contributed by atoms with Crippen molar-refractivity contribution in [2.45, 2.75) is 45.2 Å². The van der Waals surface area contributed by atoms with Gasteiger partial charge in [0, 0.05) is 27.6 Å². The largest absolute Gasteiger partial charge is 0.464 e. The van der Waals surface area contributed by atoms with Crippen molar-refractivity contribution in [1.82, 2.24) is 19.9 Å². The van der Waals surface area contributed by atoms with Gasteiger partial charge in [0.05, 0.1) is 28.8 Å². The molecule has 4 N–H and O–H groups in total. The molecule has 0 spiro atoms. The number of nitrogens with one attached hydrogen (secondary N) is 2. The van der Waals surface area contributed by atoms with Crippen molar-refractivity contribution < 1.29 is 14.3 Å². The number of nitrogen functional groups attached to an aromatic ring is 1. The lowest BCUT2D eigenvalue weighted by molar-refractivity contribution is -0.124. The van der Waals surface area contributed by atoms with Crippen molar-refractivity contribution in [1.29, 1.82) is 0 Å². The molecule has 0 bridgehead atoms. The Morgan fingerprint density at radius 1 is 1.23 bits per heavy atom. The Kier molecular flexibility index (Phi) is 8.08. The van der Waals surface area contributed by atoms with Crippen LogP contribution in [0.1, 0.15) is 57.5 Å². The summed E-state index contributed by atoms with van der Waals surface area (Å²) in [6.45, 7) is 6.29. The van der Waals surface area contributed by atoms with Crippen molar-refractivity contribution in [2.75, 3.05) is 11.1 Å². The molecule has 0 aromatic carbocycles. The number of carbonyl (C=O) groups is 2. The maximum atomic E-state index is 13.3. The Labute approximate surface area is 238 Å². The van der Waals surface area contributed by atoms with E-state index in [0.717, 1.165) is 27.8 Å². The number of allylic oxidation sites excluding steroid dienone is 1. The number of nitrogens with two attached hydrogens (primary N) is 1. The van der Waals surface area contributed by atoms with Gasteiger partial charge in [-0.3, -0.25) is 19.0 Å². The van der Waals surface area contributed by atoms with Gasteiger partial charge >= 0.3 is 0 Å². The van der Waals surface area contributed by atoms with Crippen LogP contribution >= 0.6 is 22.7 Å². The highest BCUT2D eigenvalue weighted by Crippen LogP contribution is 2.28. The molecule has 4 aromatic heterocycles. The molecule has 5 heterocycles. The predicted octanol–water partition coefficient (Wildman–Crippen LogP) is 4.85. The lowest BCUT2D eigenvalue weighted by Gasteiger charge is -2.15. The van der Waals surface area contributed by atoms with Gasteiger partial charge < -0.3 is 21.1 Å². The third kappa shape index (κ3) is 5.82. The molecule has 1 aliphatic rings. The standard InChI is InChI=1S/C28H28N6O4S2/c1-3-4-5-10-38-16(2)21-7-8-22(40-21)27(36)33-19-15-31-25-9-6-20(34(25)28(19)37)26(35)32-14-18-11-17-13-30-24(29)12-23(17)39-18/h5,7-8,10-13,15,20H,2-4,6,9,14H2,1H3,(H2,29,30)(H,32,35)(H,33,36)/b10-5-. The van der Waals surface area contributed by atoms with E-state index in [4.69, 9.17) is 10.5 Å². The molecule has 1 atom stereocenters. The monoisotopic (exact) mass is 576 g/mol. The summed E-state index contributed by atoms with van der Waals surface area (Å²) in [5, 5.41) is 6.53. The van der Waals surface area contributed by atoms with Crippen LogP contribution in [0.5, 0.6) is 0 Å². The number of hydrogen-bond acceptors (Lipinski definition) is 9. The Balaban J connectivity index is 1.25. The molecule has 12 heteroatoms. The number of amides is 2. The summed E-state index contributed by atoms with van der Waals surface area (Å²) >= 11 is 2.72.